The lowest BCUT2D eigenvalue weighted by atomic mass is 10.0. The first-order chi connectivity index (χ1) is 12.4. The number of nitrogens with zero attached hydrogens (tertiary/aromatic N) is 3. The highest BCUT2D eigenvalue weighted by atomic mass is 16.5. The normalized spacial score (nSPS) is 16.6. The number of aldehydes is 1. The number of piperazine rings is 1. The summed E-state index contributed by atoms with van der Waals surface area (Å²) >= 11 is 0. The molecule has 0 radical (unpaired) electrons. The highest BCUT2D eigenvalue weighted by Gasteiger charge is 2.35. The predicted molar refractivity (Wildman–Crippen MR) is 91.9 cm³/mol. The fraction of sp³-hybridized carbons (Fsp3) is 0.471. The zero-order valence-electron chi connectivity index (χ0n) is 14.9. The van der Waals surface area contributed by atoms with Gasteiger partial charge in [0.15, 0.2) is 6.29 Å². The molecule has 2 heterocycles. The second kappa shape index (κ2) is 7.82. The first-order valence-electron chi connectivity index (χ1n) is 8.16. The number of ether oxygens (including phenoxy) is 1. The minimum atomic E-state index is -0.917. The number of rotatable bonds is 5. The Morgan fingerprint density at radius 2 is 2.15 bits per heavy atom. The van der Waals surface area contributed by atoms with Crippen molar-refractivity contribution in [1.82, 2.24) is 9.88 Å². The van der Waals surface area contributed by atoms with Gasteiger partial charge in [0, 0.05) is 20.1 Å². The van der Waals surface area contributed by atoms with Gasteiger partial charge in [-0.15, -0.1) is 0 Å². The second-order valence-electron chi connectivity index (χ2n) is 5.84. The van der Waals surface area contributed by atoms with Crippen LogP contribution < -0.4 is 15.8 Å². The Balaban J connectivity index is 2.62. The summed E-state index contributed by atoms with van der Waals surface area (Å²) in [6, 6.07) is 0.897. The van der Waals surface area contributed by atoms with Gasteiger partial charge in [0.25, 0.3) is 5.56 Å². The molecule has 1 aliphatic heterocycles. The Morgan fingerprint density at radius 3 is 2.73 bits per heavy atom. The van der Waals surface area contributed by atoms with Crippen LogP contribution in [0.15, 0.2) is 4.79 Å². The lowest BCUT2D eigenvalue weighted by Crippen LogP contribution is -2.57. The number of aromatic nitrogens is 1. The van der Waals surface area contributed by atoms with E-state index < -0.39 is 23.5 Å². The smallest absolute Gasteiger partial charge is 0.308 e. The van der Waals surface area contributed by atoms with Gasteiger partial charge in [0.1, 0.15) is 23.5 Å². The maximum atomic E-state index is 12.5. The van der Waals surface area contributed by atoms with Crippen molar-refractivity contribution in [1.29, 1.82) is 5.26 Å². The highest BCUT2D eigenvalue weighted by molar-refractivity contribution is 5.93. The van der Waals surface area contributed by atoms with E-state index in [-0.39, 0.29) is 35.5 Å². The molecule has 1 aliphatic rings. The summed E-state index contributed by atoms with van der Waals surface area (Å²) in [5.74, 6) is -0.733. The van der Waals surface area contributed by atoms with E-state index in [0.29, 0.717) is 19.4 Å². The van der Waals surface area contributed by atoms with Gasteiger partial charge in [0.2, 0.25) is 5.91 Å². The second-order valence-corrected chi connectivity index (χ2v) is 5.84. The van der Waals surface area contributed by atoms with E-state index in [1.807, 2.05) is 6.07 Å². The van der Waals surface area contributed by atoms with Gasteiger partial charge in [-0.05, 0) is 19.4 Å². The van der Waals surface area contributed by atoms with Gasteiger partial charge < -0.3 is 15.0 Å². The molecule has 9 heteroatoms. The van der Waals surface area contributed by atoms with Crippen molar-refractivity contribution in [2.24, 2.45) is 7.05 Å². The molecule has 1 aromatic heterocycles. The molecule has 1 amide bonds. The van der Waals surface area contributed by atoms with E-state index in [1.165, 1.54) is 18.5 Å². The van der Waals surface area contributed by atoms with Crippen molar-refractivity contribution in [2.45, 2.75) is 26.3 Å². The summed E-state index contributed by atoms with van der Waals surface area (Å²) in [6.07, 6.45) is 0.337. The molecule has 1 atom stereocenters. The van der Waals surface area contributed by atoms with E-state index >= 15 is 0 Å². The van der Waals surface area contributed by atoms with Gasteiger partial charge in [-0.2, -0.15) is 5.26 Å². The van der Waals surface area contributed by atoms with Gasteiger partial charge >= 0.3 is 5.97 Å². The molecule has 0 aromatic carbocycles. The molecule has 1 N–H and O–H groups in total. The molecule has 2 rings (SSSR count). The number of esters is 1. The third-order valence-electron chi connectivity index (χ3n) is 4.35. The van der Waals surface area contributed by atoms with Crippen LogP contribution in [0, 0.1) is 18.3 Å². The van der Waals surface area contributed by atoms with E-state index in [0.717, 1.165) is 0 Å². The average Bonchev–Trinajstić information content (AvgIpc) is 2.60. The molecule has 9 nitrogen and oxygen atoms in total. The van der Waals surface area contributed by atoms with Crippen LogP contribution in [-0.4, -0.2) is 48.5 Å². The van der Waals surface area contributed by atoms with E-state index in [2.05, 4.69) is 5.32 Å². The van der Waals surface area contributed by atoms with Crippen LogP contribution in [-0.2, 0) is 21.4 Å². The lowest BCUT2D eigenvalue weighted by molar-refractivity contribution is -0.145. The Bertz CT molecular complexity index is 852. The fourth-order valence-electron chi connectivity index (χ4n) is 3.08. The van der Waals surface area contributed by atoms with Gasteiger partial charge in [0.05, 0.1) is 18.6 Å². The largest absolute Gasteiger partial charge is 0.466 e. The number of nitriles is 1. The Morgan fingerprint density at radius 1 is 1.46 bits per heavy atom. The minimum Gasteiger partial charge on any atom is -0.466 e. The zero-order chi connectivity index (χ0) is 19.4. The number of amides is 1. The number of carbonyl (C=O) groups excluding carboxylic acids is 3. The van der Waals surface area contributed by atoms with Crippen LogP contribution in [0.2, 0.25) is 0 Å². The van der Waals surface area contributed by atoms with Crippen molar-refractivity contribution >= 4 is 24.0 Å². The highest BCUT2D eigenvalue weighted by Crippen LogP contribution is 2.26. The van der Waals surface area contributed by atoms with E-state index in [1.54, 1.807) is 11.8 Å². The van der Waals surface area contributed by atoms with Crippen LogP contribution in [0.3, 0.4) is 0 Å². The molecule has 0 spiro atoms. The number of carbonyl (C=O) groups is 3. The first kappa shape index (κ1) is 19.2. The third kappa shape index (κ3) is 3.31. The molecule has 1 saturated heterocycles. The van der Waals surface area contributed by atoms with Crippen molar-refractivity contribution in [3.05, 3.63) is 27.0 Å². The molecule has 1 unspecified atom stereocenters. The molecule has 0 aliphatic carbocycles. The van der Waals surface area contributed by atoms with Crippen molar-refractivity contribution in [2.75, 3.05) is 24.6 Å². The van der Waals surface area contributed by atoms with Crippen LogP contribution in [0.4, 0.5) is 5.82 Å². The van der Waals surface area contributed by atoms with E-state index in [4.69, 9.17) is 4.74 Å². The molecule has 138 valence electrons. The Kier molecular flexibility index (Phi) is 5.77. The minimum absolute atomic E-state index is 0.123. The molecular weight excluding hydrogens is 340 g/mol. The molecule has 0 saturated carbocycles. The van der Waals surface area contributed by atoms with Crippen molar-refractivity contribution < 1.29 is 19.1 Å². The number of hydrogen-bond donors (Lipinski definition) is 1. The Hall–Kier alpha value is -3.15. The topological polar surface area (TPSA) is 122 Å². The maximum absolute atomic E-state index is 12.5. The predicted octanol–water partition coefficient (Wildman–Crippen LogP) is -0.364. The molecular formula is C17H20N4O5. The van der Waals surface area contributed by atoms with Gasteiger partial charge in [-0.3, -0.25) is 23.7 Å². The molecule has 0 bridgehead atoms. The van der Waals surface area contributed by atoms with Crippen LogP contribution in [0.5, 0.6) is 0 Å². The summed E-state index contributed by atoms with van der Waals surface area (Å²) in [7, 11) is 1.43. The number of pyridine rings is 1. The lowest BCUT2D eigenvalue weighted by Gasteiger charge is -2.38. The molecule has 1 fully saturated rings. The fourth-order valence-corrected chi connectivity index (χ4v) is 3.08. The Labute approximate surface area is 150 Å². The maximum Gasteiger partial charge on any atom is 0.308 e. The van der Waals surface area contributed by atoms with Crippen LogP contribution in [0.25, 0.3) is 0 Å². The van der Waals surface area contributed by atoms with Crippen LogP contribution in [0.1, 0.15) is 34.8 Å². The molecule has 1 aromatic rings. The third-order valence-corrected chi connectivity index (χ3v) is 4.35. The molecule has 26 heavy (non-hydrogen) atoms. The zero-order valence-corrected chi connectivity index (χ0v) is 14.9. The number of anilines is 1. The SMILES string of the molecule is CCOC(=O)CC1C(=O)NCCN1c1c(C=O)c(C)c(C#N)c(=O)n1C. The number of nitrogens with one attached hydrogen (secondary N) is 1. The summed E-state index contributed by atoms with van der Waals surface area (Å²) in [5, 5.41) is 11.9. The monoisotopic (exact) mass is 360 g/mol. The number of hydrogen-bond acceptors (Lipinski definition) is 7. The average molecular weight is 360 g/mol. The van der Waals surface area contributed by atoms with Crippen LogP contribution >= 0.6 is 0 Å². The summed E-state index contributed by atoms with van der Waals surface area (Å²) in [4.78, 5) is 49.9. The van der Waals surface area contributed by atoms with Crippen molar-refractivity contribution in [3.63, 3.8) is 0 Å². The standard InChI is InChI=1S/C17H20N4O5/c1-4-26-14(23)7-13-15(24)19-5-6-21(13)16-12(9-22)10(2)11(8-18)17(25)20(16)3/h9,13H,4-7H2,1-3H3,(H,19,24). The summed E-state index contributed by atoms with van der Waals surface area (Å²) in [6.45, 7) is 3.95. The van der Waals surface area contributed by atoms with Gasteiger partial charge in [-0.1, -0.05) is 0 Å². The summed E-state index contributed by atoms with van der Waals surface area (Å²) in [5.41, 5.74) is -0.290. The first-order valence-corrected chi connectivity index (χ1v) is 8.16. The van der Waals surface area contributed by atoms with Crippen molar-refractivity contribution in [3.8, 4) is 6.07 Å². The van der Waals surface area contributed by atoms with E-state index in [9.17, 15) is 24.4 Å². The quantitative estimate of drug-likeness (QED) is 0.562. The van der Waals surface area contributed by atoms with Gasteiger partial charge in [-0.25, -0.2) is 0 Å². The summed E-state index contributed by atoms with van der Waals surface area (Å²) < 4.78 is 6.09.